The number of carbonyl (C=O) groups excluding carboxylic acids is 6. The molecule has 0 radical (unpaired) electrons. The summed E-state index contributed by atoms with van der Waals surface area (Å²) in [5, 5.41) is 29.2. The molecule has 2 aromatic heterocycles. The molecule has 25 heteroatoms. The van der Waals surface area contributed by atoms with E-state index in [0.29, 0.717) is 114 Å². The maximum absolute atomic E-state index is 15.8. The van der Waals surface area contributed by atoms with Crippen molar-refractivity contribution in [2.24, 2.45) is 22.7 Å². The van der Waals surface area contributed by atoms with Crippen molar-refractivity contribution >= 4 is 64.1 Å². The number of nitrogens with zero attached hydrogens (tertiary/aromatic N) is 9. The van der Waals surface area contributed by atoms with Gasteiger partial charge in [0.1, 0.15) is 41.7 Å². The van der Waals surface area contributed by atoms with Crippen LogP contribution < -0.4 is 41.7 Å². The summed E-state index contributed by atoms with van der Waals surface area (Å²) < 4.78 is 31.3. The topological polar surface area (TPSA) is 253 Å². The number of likely N-dealkylation sites (tertiary alicyclic amines) is 3. The molecule has 0 unspecified atom stereocenters. The molecule has 5 saturated heterocycles. The van der Waals surface area contributed by atoms with E-state index in [0.717, 1.165) is 79.4 Å². The Morgan fingerprint density at radius 1 is 0.809 bits per heavy atom. The number of thiazole rings is 1. The fourth-order valence-electron chi connectivity index (χ4n) is 14.6. The van der Waals surface area contributed by atoms with Gasteiger partial charge in [-0.15, -0.1) is 11.3 Å². The molecule has 7 heterocycles. The number of benzene rings is 2. The zero-order chi connectivity index (χ0) is 67.1. The molecule has 7 atom stereocenters. The number of halogens is 2. The molecule has 94 heavy (non-hydrogen) atoms. The lowest BCUT2D eigenvalue weighted by atomic mass is 9.82. The molecule has 10 rings (SSSR count). The number of likely N-dealkylation sites (N-methyl/N-ethyl adjacent to an activating group) is 1. The van der Waals surface area contributed by atoms with Crippen molar-refractivity contribution < 1.29 is 42.7 Å². The SMILES string of the molecule is Cc1ncsc1-c1ccc([C@H](C)NC(=O)[C@@H]2C[C@@H](O)CN2C(=O)[C@@H](NC(=O)CCC(=O)NCCN(C)[C@@H]2C[C@@H]3CN(CCC(=O)NCCCNc4cc(N5CCC6(CC5)CN(c5cc(F)c(CN7CCC(C)(C)CC7)cc5F)CC(=O)N6)ncn4)C[C@@H]3C2)C(C)(C)C)cc1. The first-order chi connectivity index (χ1) is 44.8. The summed E-state index contributed by atoms with van der Waals surface area (Å²) in [5.41, 5.74) is 4.07. The van der Waals surface area contributed by atoms with Gasteiger partial charge in [-0.1, -0.05) is 58.9 Å². The number of aliphatic hydroxyl groups excluding tert-OH is 1. The van der Waals surface area contributed by atoms with E-state index in [2.05, 4.69) is 87.3 Å². The lowest BCUT2D eigenvalue weighted by molar-refractivity contribution is -0.144. The maximum Gasteiger partial charge on any atom is 0.246 e. The van der Waals surface area contributed by atoms with Crippen LogP contribution in [0.3, 0.4) is 0 Å². The number of hydrogen-bond acceptors (Lipinski definition) is 17. The van der Waals surface area contributed by atoms with Gasteiger partial charge in [-0.2, -0.15) is 0 Å². The Hall–Kier alpha value is -6.93. The first-order valence-electron chi connectivity index (χ1n) is 33.9. The minimum atomic E-state index is -1.00. The highest BCUT2D eigenvalue weighted by atomic mass is 32.1. The second-order valence-electron chi connectivity index (χ2n) is 29.3. The monoisotopic (exact) mass is 1320 g/mol. The van der Waals surface area contributed by atoms with Gasteiger partial charge < -0.3 is 61.5 Å². The van der Waals surface area contributed by atoms with Crippen LogP contribution in [0.1, 0.15) is 135 Å². The number of rotatable bonds is 25. The van der Waals surface area contributed by atoms with Crippen LogP contribution in [0, 0.1) is 41.2 Å². The molecule has 6 fully saturated rings. The van der Waals surface area contributed by atoms with Crippen molar-refractivity contribution in [2.45, 2.75) is 161 Å². The molecular weight excluding hydrogens is 1220 g/mol. The van der Waals surface area contributed by atoms with Crippen LogP contribution in [0.5, 0.6) is 0 Å². The predicted octanol–water partition coefficient (Wildman–Crippen LogP) is 6.00. The number of nitrogens with one attached hydrogen (secondary N) is 6. The van der Waals surface area contributed by atoms with Gasteiger partial charge in [-0.05, 0) is 119 Å². The maximum atomic E-state index is 15.8. The number of hydrogen-bond donors (Lipinski definition) is 7. The summed E-state index contributed by atoms with van der Waals surface area (Å²) in [6, 6.07) is 10.5. The number of amides is 6. The lowest BCUT2D eigenvalue weighted by Crippen LogP contribution is -2.66. The van der Waals surface area contributed by atoms with E-state index >= 15 is 8.78 Å². The van der Waals surface area contributed by atoms with Gasteiger partial charge in [0, 0.05) is 128 Å². The summed E-state index contributed by atoms with van der Waals surface area (Å²) in [6.45, 7) is 22.2. The van der Waals surface area contributed by atoms with E-state index in [9.17, 15) is 33.9 Å². The third-order valence-corrected chi connectivity index (χ3v) is 21.5. The zero-order valence-electron chi connectivity index (χ0n) is 56.2. The number of carbonyl (C=O) groups is 6. The molecule has 5 aliphatic heterocycles. The van der Waals surface area contributed by atoms with Crippen molar-refractivity contribution in [1.29, 1.82) is 0 Å². The van der Waals surface area contributed by atoms with E-state index < -0.39 is 52.6 Å². The highest BCUT2D eigenvalue weighted by Gasteiger charge is 2.46. The van der Waals surface area contributed by atoms with Crippen LogP contribution >= 0.6 is 11.3 Å². The first-order valence-corrected chi connectivity index (χ1v) is 34.8. The molecule has 6 aliphatic rings. The number of aromatic nitrogens is 3. The minimum absolute atomic E-state index is 0.0242. The number of anilines is 3. The molecule has 0 bridgehead atoms. The van der Waals surface area contributed by atoms with Crippen LogP contribution in [0.15, 0.2) is 54.3 Å². The Balaban J connectivity index is 0.571. The Morgan fingerprint density at radius 2 is 1.50 bits per heavy atom. The molecule has 4 aromatic rings. The molecule has 512 valence electrons. The molecule has 6 amide bonds. The summed E-state index contributed by atoms with van der Waals surface area (Å²) >= 11 is 1.57. The highest BCUT2D eigenvalue weighted by Crippen LogP contribution is 2.41. The summed E-state index contributed by atoms with van der Waals surface area (Å²) in [7, 11) is 2.09. The van der Waals surface area contributed by atoms with Gasteiger partial charge in [0.05, 0.1) is 46.0 Å². The van der Waals surface area contributed by atoms with E-state index in [4.69, 9.17) is 0 Å². The van der Waals surface area contributed by atoms with Gasteiger partial charge in [0.2, 0.25) is 35.4 Å². The Labute approximate surface area is 556 Å². The van der Waals surface area contributed by atoms with Crippen LogP contribution in [-0.2, 0) is 35.3 Å². The normalized spacial score (nSPS) is 22.8. The van der Waals surface area contributed by atoms with Crippen molar-refractivity contribution in [3.05, 3.63) is 82.8 Å². The van der Waals surface area contributed by atoms with Crippen LogP contribution in [-0.4, -0.2) is 204 Å². The van der Waals surface area contributed by atoms with E-state index in [1.54, 1.807) is 16.2 Å². The molecule has 7 N–H and O–H groups in total. The summed E-state index contributed by atoms with van der Waals surface area (Å²) in [4.78, 5) is 107. The number of β-amino-alcohol motifs (C(OH)–C–C–N with tert-alkyl or cyclic N) is 1. The van der Waals surface area contributed by atoms with Gasteiger partial charge >= 0.3 is 0 Å². The number of fused-ring (bicyclic) bond motifs is 1. The molecular formula is C69H99F2N15O7S. The van der Waals surface area contributed by atoms with E-state index in [1.807, 2.05) is 70.5 Å². The van der Waals surface area contributed by atoms with Gasteiger partial charge in [0.15, 0.2) is 0 Å². The molecule has 1 spiro atoms. The molecule has 22 nitrogen and oxygen atoms in total. The fourth-order valence-corrected chi connectivity index (χ4v) is 15.4. The summed E-state index contributed by atoms with van der Waals surface area (Å²) in [5.74, 6) is -0.196. The van der Waals surface area contributed by atoms with Crippen LogP contribution in [0.25, 0.3) is 10.4 Å². The number of piperazine rings is 1. The summed E-state index contributed by atoms with van der Waals surface area (Å²) in [6.07, 6.45) is 6.99. The second kappa shape index (κ2) is 30.4. The van der Waals surface area contributed by atoms with Crippen molar-refractivity contribution in [3.8, 4) is 10.4 Å². The Kier molecular flexibility index (Phi) is 22.6. The average Bonchev–Trinajstić information content (AvgIpc) is 0.841. The van der Waals surface area contributed by atoms with Crippen LogP contribution in [0.2, 0.25) is 0 Å². The van der Waals surface area contributed by atoms with E-state index in [1.165, 1.54) is 23.4 Å². The average molecular weight is 1320 g/mol. The van der Waals surface area contributed by atoms with Crippen LogP contribution in [0.4, 0.5) is 26.1 Å². The quantitative estimate of drug-likeness (QED) is 0.0376. The lowest BCUT2D eigenvalue weighted by Gasteiger charge is -2.48. The fraction of sp³-hybridized carbons (Fsp3) is 0.638. The third kappa shape index (κ3) is 17.9. The number of aryl methyl sites for hydroxylation is 1. The van der Waals surface area contributed by atoms with E-state index in [-0.39, 0.29) is 73.1 Å². The highest BCUT2D eigenvalue weighted by molar-refractivity contribution is 7.13. The van der Waals surface area contributed by atoms with Crippen molar-refractivity contribution in [2.75, 3.05) is 114 Å². The van der Waals surface area contributed by atoms with Crippen molar-refractivity contribution in [1.82, 2.24) is 61.1 Å². The first kappa shape index (κ1) is 69.9. The third-order valence-electron chi connectivity index (χ3n) is 20.5. The molecule has 1 aliphatic carbocycles. The second-order valence-corrected chi connectivity index (χ2v) is 30.1. The number of piperidine rings is 2. The standard InChI is InChI=1S/C69H99F2N15O7S/c1-44(46-10-12-47(13-11-46)63-45(2)77-43-94-63)78-65(92)56-33-52(87)39-86(56)66(93)64(67(3,4)5)79-61(90)15-14-59(88)74-23-29-81(8)51-30-48-36-83(37-49(48)31-51)24-16-60(89)73-22-9-21-72-57-35-58(76-42-75-57)84-27-19-69(20-28-84)41-85(40-62(91)80-69)55-34-53(70)50(32-54(55)71)38-82-25-17-68(6,7)18-26-82/h10-13,32,34-35,42-44,48-49,51-52,56,64,87H,9,14-31,33,36-41H2,1-8H3,(H,73,89)(H,74,88)(H,78,92)(H,79,90)(H,80,91)(H,72,75,76)/t44-,48-,49+,51-,52+,56-,64+/m0/s1. The smallest absolute Gasteiger partial charge is 0.246 e. The minimum Gasteiger partial charge on any atom is -0.391 e. The predicted molar refractivity (Wildman–Crippen MR) is 360 cm³/mol. The molecule has 1 saturated carbocycles. The Bertz CT molecular complexity index is 3300. The zero-order valence-corrected chi connectivity index (χ0v) is 57.0. The van der Waals surface area contributed by atoms with Gasteiger partial charge in [-0.3, -0.25) is 33.7 Å². The van der Waals surface area contributed by atoms with Crippen molar-refractivity contribution in [3.63, 3.8) is 0 Å². The van der Waals surface area contributed by atoms with Gasteiger partial charge in [-0.25, -0.2) is 23.7 Å². The number of aliphatic hydroxyl groups is 1. The molecule has 2 aromatic carbocycles. The van der Waals surface area contributed by atoms with Gasteiger partial charge in [0.25, 0.3) is 0 Å². The Morgan fingerprint density at radius 3 is 2.19 bits per heavy atom. The largest absolute Gasteiger partial charge is 0.391 e.